The zero-order chi connectivity index (χ0) is 9.26. The molecule has 0 fully saturated rings. The van der Waals surface area contributed by atoms with Gasteiger partial charge in [-0.25, -0.2) is 9.97 Å². The van der Waals surface area contributed by atoms with Crippen LogP contribution in [0.15, 0.2) is 6.33 Å². The molecular formula is C9H10N2O2. The van der Waals surface area contributed by atoms with E-state index in [9.17, 15) is 4.79 Å². The first-order chi connectivity index (χ1) is 6.31. The normalized spacial score (nSPS) is 15.3. The fraction of sp³-hybridized carbons (Fsp3) is 0.444. The second kappa shape index (κ2) is 3.12. The summed E-state index contributed by atoms with van der Waals surface area (Å²) in [4.78, 5) is 19.3. The number of Topliss-reactive ketones (excluding diaryl/α,β-unsaturated/α-hetero) is 1. The highest BCUT2D eigenvalue weighted by atomic mass is 16.5. The fourth-order valence-electron chi connectivity index (χ4n) is 1.54. The summed E-state index contributed by atoms with van der Waals surface area (Å²) < 4.78 is 5.06. The lowest BCUT2D eigenvalue weighted by atomic mass is 9.96. The molecule has 0 unspecified atom stereocenters. The van der Waals surface area contributed by atoms with Crippen molar-refractivity contribution in [3.05, 3.63) is 17.6 Å². The number of rotatable bonds is 1. The van der Waals surface area contributed by atoms with Crippen LogP contribution < -0.4 is 4.74 Å². The first-order valence-electron chi connectivity index (χ1n) is 4.19. The fourth-order valence-corrected chi connectivity index (χ4v) is 1.54. The summed E-state index contributed by atoms with van der Waals surface area (Å²) in [5.41, 5.74) is 1.81. The number of hydrogen-bond acceptors (Lipinski definition) is 4. The van der Waals surface area contributed by atoms with Crippen LogP contribution >= 0.6 is 0 Å². The average molecular weight is 178 g/mol. The number of nitrogens with zero attached hydrogens (tertiary/aromatic N) is 2. The summed E-state index contributed by atoms with van der Waals surface area (Å²) in [5.74, 6) is 0.777. The van der Waals surface area contributed by atoms with E-state index in [4.69, 9.17) is 4.74 Å². The Morgan fingerprint density at radius 3 is 3.00 bits per heavy atom. The number of aromatic nitrogens is 2. The minimum atomic E-state index is 0.237. The number of hydrogen-bond donors (Lipinski definition) is 0. The summed E-state index contributed by atoms with van der Waals surface area (Å²) in [6.45, 7) is 0. The van der Waals surface area contributed by atoms with Gasteiger partial charge in [-0.1, -0.05) is 0 Å². The van der Waals surface area contributed by atoms with Crippen LogP contribution in [-0.2, 0) is 17.6 Å². The molecule has 0 N–H and O–H groups in total. The number of methoxy groups -OCH3 is 1. The van der Waals surface area contributed by atoms with E-state index in [0.29, 0.717) is 25.1 Å². The van der Waals surface area contributed by atoms with E-state index < -0.39 is 0 Å². The van der Waals surface area contributed by atoms with Gasteiger partial charge in [0.2, 0.25) is 5.88 Å². The van der Waals surface area contributed by atoms with Crippen molar-refractivity contribution in [3.63, 3.8) is 0 Å². The van der Waals surface area contributed by atoms with Gasteiger partial charge < -0.3 is 4.74 Å². The summed E-state index contributed by atoms with van der Waals surface area (Å²) in [5, 5.41) is 0. The predicted molar refractivity (Wildman–Crippen MR) is 45.6 cm³/mol. The van der Waals surface area contributed by atoms with E-state index >= 15 is 0 Å². The third kappa shape index (κ3) is 1.39. The summed E-state index contributed by atoms with van der Waals surface area (Å²) >= 11 is 0. The molecule has 68 valence electrons. The van der Waals surface area contributed by atoms with Crippen molar-refractivity contribution in [2.45, 2.75) is 19.3 Å². The van der Waals surface area contributed by atoms with Gasteiger partial charge in [0.15, 0.2) is 0 Å². The van der Waals surface area contributed by atoms with Gasteiger partial charge in [-0.3, -0.25) is 4.79 Å². The monoisotopic (exact) mass is 178 g/mol. The van der Waals surface area contributed by atoms with Crippen molar-refractivity contribution in [2.75, 3.05) is 7.11 Å². The van der Waals surface area contributed by atoms with Crippen molar-refractivity contribution < 1.29 is 9.53 Å². The summed E-state index contributed by atoms with van der Waals surface area (Å²) in [6, 6.07) is 0. The van der Waals surface area contributed by atoms with E-state index in [-0.39, 0.29) is 5.78 Å². The molecule has 4 nitrogen and oxygen atoms in total. The molecule has 0 bridgehead atoms. The number of carbonyl (C=O) groups is 1. The van der Waals surface area contributed by atoms with Gasteiger partial charge in [-0.2, -0.15) is 0 Å². The molecule has 0 aromatic carbocycles. The minimum absolute atomic E-state index is 0.237. The Balaban J connectivity index is 2.46. The smallest absolute Gasteiger partial charge is 0.220 e. The molecule has 0 saturated carbocycles. The van der Waals surface area contributed by atoms with Gasteiger partial charge in [-0.15, -0.1) is 0 Å². The molecule has 1 heterocycles. The van der Waals surface area contributed by atoms with Crippen molar-refractivity contribution in [2.24, 2.45) is 0 Å². The Morgan fingerprint density at radius 2 is 2.23 bits per heavy atom. The maximum atomic E-state index is 11.2. The SMILES string of the molecule is COc1ncnc2c1CC(=O)CC2. The average Bonchev–Trinajstić information content (AvgIpc) is 2.17. The molecule has 0 amide bonds. The molecule has 0 atom stereocenters. The molecule has 4 heteroatoms. The summed E-state index contributed by atoms with van der Waals surface area (Å²) in [6.07, 6.45) is 3.20. The third-order valence-corrected chi connectivity index (χ3v) is 2.20. The number of fused-ring (bicyclic) bond motifs is 1. The molecular weight excluding hydrogens is 168 g/mol. The van der Waals surface area contributed by atoms with Crippen molar-refractivity contribution >= 4 is 5.78 Å². The highest BCUT2D eigenvalue weighted by Crippen LogP contribution is 2.23. The number of aryl methyl sites for hydroxylation is 1. The number of ketones is 1. The van der Waals surface area contributed by atoms with Gasteiger partial charge in [0.05, 0.1) is 12.8 Å². The Morgan fingerprint density at radius 1 is 1.38 bits per heavy atom. The van der Waals surface area contributed by atoms with Crippen LogP contribution in [0.3, 0.4) is 0 Å². The molecule has 0 aliphatic heterocycles. The van der Waals surface area contributed by atoms with Crippen molar-refractivity contribution in [1.29, 1.82) is 0 Å². The third-order valence-electron chi connectivity index (χ3n) is 2.20. The van der Waals surface area contributed by atoms with Crippen LogP contribution in [0.25, 0.3) is 0 Å². The Labute approximate surface area is 76.0 Å². The number of carbonyl (C=O) groups excluding carboxylic acids is 1. The van der Waals surface area contributed by atoms with Gasteiger partial charge in [0.25, 0.3) is 0 Å². The first kappa shape index (κ1) is 8.16. The molecule has 0 radical (unpaired) electrons. The standard InChI is InChI=1S/C9H10N2O2/c1-13-9-7-4-6(12)2-3-8(7)10-5-11-9/h5H,2-4H2,1H3. The highest BCUT2D eigenvalue weighted by molar-refractivity contribution is 5.83. The Hall–Kier alpha value is -1.45. The largest absolute Gasteiger partial charge is 0.481 e. The lowest BCUT2D eigenvalue weighted by Crippen LogP contribution is -2.16. The quantitative estimate of drug-likeness (QED) is 0.630. The molecule has 1 aliphatic carbocycles. The Kier molecular flexibility index (Phi) is 1.96. The molecule has 1 aromatic heterocycles. The maximum absolute atomic E-state index is 11.2. The van der Waals surface area contributed by atoms with Gasteiger partial charge >= 0.3 is 0 Å². The van der Waals surface area contributed by atoms with E-state index in [1.54, 1.807) is 7.11 Å². The van der Waals surface area contributed by atoms with Crippen LogP contribution in [0.1, 0.15) is 17.7 Å². The lowest BCUT2D eigenvalue weighted by molar-refractivity contribution is -0.118. The molecule has 13 heavy (non-hydrogen) atoms. The van der Waals surface area contributed by atoms with E-state index in [0.717, 1.165) is 11.3 Å². The second-order valence-electron chi connectivity index (χ2n) is 3.02. The number of ether oxygens (including phenoxy) is 1. The van der Waals surface area contributed by atoms with Crippen LogP contribution in [0, 0.1) is 0 Å². The zero-order valence-electron chi connectivity index (χ0n) is 7.41. The summed E-state index contributed by atoms with van der Waals surface area (Å²) in [7, 11) is 1.56. The van der Waals surface area contributed by atoms with Crippen LogP contribution in [0.5, 0.6) is 5.88 Å². The molecule has 2 rings (SSSR count). The van der Waals surface area contributed by atoms with Gasteiger partial charge in [0.1, 0.15) is 12.1 Å². The molecule has 1 aromatic rings. The van der Waals surface area contributed by atoms with Crippen molar-refractivity contribution in [3.8, 4) is 5.88 Å². The van der Waals surface area contributed by atoms with Gasteiger partial charge in [-0.05, 0) is 6.42 Å². The minimum Gasteiger partial charge on any atom is -0.481 e. The maximum Gasteiger partial charge on any atom is 0.220 e. The predicted octanol–water partition coefficient (Wildman–Crippen LogP) is 0.543. The lowest BCUT2D eigenvalue weighted by Gasteiger charge is -2.14. The molecule has 0 spiro atoms. The molecule has 0 saturated heterocycles. The van der Waals surface area contributed by atoms with E-state index in [2.05, 4.69) is 9.97 Å². The van der Waals surface area contributed by atoms with Crippen molar-refractivity contribution in [1.82, 2.24) is 9.97 Å². The van der Waals surface area contributed by atoms with E-state index in [1.807, 2.05) is 0 Å². The first-order valence-corrected chi connectivity index (χ1v) is 4.19. The van der Waals surface area contributed by atoms with Crippen LogP contribution in [-0.4, -0.2) is 22.9 Å². The Bertz CT molecular complexity index is 335. The van der Waals surface area contributed by atoms with Crippen LogP contribution in [0.2, 0.25) is 0 Å². The van der Waals surface area contributed by atoms with E-state index in [1.165, 1.54) is 6.33 Å². The topological polar surface area (TPSA) is 52.1 Å². The second-order valence-corrected chi connectivity index (χ2v) is 3.02. The van der Waals surface area contributed by atoms with Gasteiger partial charge in [0, 0.05) is 18.4 Å². The zero-order valence-corrected chi connectivity index (χ0v) is 7.41. The highest BCUT2D eigenvalue weighted by Gasteiger charge is 2.20. The molecule has 1 aliphatic rings. The van der Waals surface area contributed by atoms with Crippen LogP contribution in [0.4, 0.5) is 0 Å².